The van der Waals surface area contributed by atoms with Gasteiger partial charge in [0.25, 0.3) is 0 Å². The molecule has 3 heteroatoms. The van der Waals surface area contributed by atoms with E-state index in [0.29, 0.717) is 18.6 Å². The van der Waals surface area contributed by atoms with Gasteiger partial charge in [-0.2, -0.15) is 0 Å². The molecule has 2 rings (SSSR count). The van der Waals surface area contributed by atoms with Crippen molar-refractivity contribution in [1.82, 2.24) is 4.90 Å². The molecular weight excluding hydrogens is 178 g/mol. The number of hydrogen-bond acceptors (Lipinski definition) is 3. The Bertz CT molecular complexity index is 298. The fraction of sp³-hybridized carbons (Fsp3) is 0.727. The zero-order valence-corrected chi connectivity index (χ0v) is 9.04. The monoisotopic (exact) mass is 195 g/mol. The van der Waals surface area contributed by atoms with E-state index >= 15 is 0 Å². The van der Waals surface area contributed by atoms with Crippen molar-refractivity contribution in [3.05, 3.63) is 12.2 Å². The first-order valence-corrected chi connectivity index (χ1v) is 5.00. The quantitative estimate of drug-likeness (QED) is 0.615. The molecule has 78 valence electrons. The summed E-state index contributed by atoms with van der Waals surface area (Å²) in [6, 6.07) is 0. The van der Waals surface area contributed by atoms with Crippen LogP contribution in [0.15, 0.2) is 12.2 Å². The maximum absolute atomic E-state index is 11.6. The van der Waals surface area contributed by atoms with Crippen molar-refractivity contribution in [1.29, 1.82) is 0 Å². The highest BCUT2D eigenvalue weighted by Crippen LogP contribution is 2.41. The summed E-state index contributed by atoms with van der Waals surface area (Å²) in [5.41, 5.74) is -0.696. The van der Waals surface area contributed by atoms with Crippen LogP contribution in [0.3, 0.4) is 0 Å². The lowest BCUT2D eigenvalue weighted by molar-refractivity contribution is -0.153. The summed E-state index contributed by atoms with van der Waals surface area (Å²) >= 11 is 0. The molecule has 3 nitrogen and oxygen atoms in total. The highest BCUT2D eigenvalue weighted by atomic mass is 16.5. The summed E-state index contributed by atoms with van der Waals surface area (Å²) in [7, 11) is 4.00. The van der Waals surface area contributed by atoms with Gasteiger partial charge >= 0.3 is 0 Å². The van der Waals surface area contributed by atoms with Crippen molar-refractivity contribution in [2.45, 2.75) is 31.0 Å². The van der Waals surface area contributed by atoms with Crippen molar-refractivity contribution in [3.63, 3.8) is 0 Å². The van der Waals surface area contributed by atoms with Gasteiger partial charge in [-0.1, -0.05) is 12.2 Å². The Morgan fingerprint density at radius 1 is 1.43 bits per heavy atom. The number of nitrogens with zero attached hydrogens (tertiary/aromatic N) is 1. The number of rotatable bonds is 2. The van der Waals surface area contributed by atoms with Gasteiger partial charge in [-0.05, 0) is 21.0 Å². The van der Waals surface area contributed by atoms with E-state index in [1.165, 1.54) is 0 Å². The van der Waals surface area contributed by atoms with Crippen molar-refractivity contribution in [2.75, 3.05) is 20.6 Å². The van der Waals surface area contributed by atoms with Crippen molar-refractivity contribution < 1.29 is 9.53 Å². The van der Waals surface area contributed by atoms with Crippen LogP contribution in [0, 0.1) is 0 Å². The first-order chi connectivity index (χ1) is 6.43. The average Bonchev–Trinajstić information content (AvgIpc) is 2.19. The van der Waals surface area contributed by atoms with Crippen LogP contribution in [0.4, 0.5) is 0 Å². The molecule has 0 aromatic rings. The van der Waals surface area contributed by atoms with Gasteiger partial charge in [0.1, 0.15) is 11.4 Å². The summed E-state index contributed by atoms with van der Waals surface area (Å²) in [6.07, 6.45) is 5.16. The van der Waals surface area contributed by atoms with Crippen LogP contribution in [0.5, 0.6) is 0 Å². The number of likely N-dealkylation sites (N-methyl/N-ethyl adjacent to an activating group) is 1. The van der Waals surface area contributed by atoms with E-state index in [1.807, 2.05) is 27.1 Å². The number of Topliss-reactive ketones (excluding diaryl/α,β-unsaturated/α-hetero) is 1. The molecule has 0 aromatic carbocycles. The Morgan fingerprint density at radius 2 is 2.14 bits per heavy atom. The van der Waals surface area contributed by atoms with Gasteiger partial charge in [0.05, 0.1) is 5.60 Å². The molecule has 0 aromatic heterocycles. The lowest BCUT2D eigenvalue weighted by Crippen LogP contribution is -2.49. The second-order valence-corrected chi connectivity index (χ2v) is 4.94. The van der Waals surface area contributed by atoms with Crippen molar-refractivity contribution >= 4 is 5.78 Å². The number of hydrogen-bond donors (Lipinski definition) is 0. The van der Waals surface area contributed by atoms with E-state index in [9.17, 15) is 4.79 Å². The fourth-order valence-corrected chi connectivity index (χ4v) is 2.51. The van der Waals surface area contributed by atoms with Crippen molar-refractivity contribution in [3.8, 4) is 0 Å². The van der Waals surface area contributed by atoms with E-state index in [1.54, 1.807) is 0 Å². The zero-order valence-electron chi connectivity index (χ0n) is 9.04. The second-order valence-electron chi connectivity index (χ2n) is 4.94. The normalized spacial score (nSPS) is 41.0. The van der Waals surface area contributed by atoms with Gasteiger partial charge in [-0.15, -0.1) is 0 Å². The number of carbonyl (C=O) groups is 1. The minimum Gasteiger partial charge on any atom is -0.358 e. The van der Waals surface area contributed by atoms with E-state index in [4.69, 9.17) is 4.74 Å². The first kappa shape index (κ1) is 9.87. The number of carbonyl (C=O) groups excluding carboxylic acids is 1. The van der Waals surface area contributed by atoms with Crippen LogP contribution in [0.2, 0.25) is 0 Å². The summed E-state index contributed by atoms with van der Waals surface area (Å²) in [5, 5.41) is 0. The first-order valence-electron chi connectivity index (χ1n) is 5.00. The molecule has 1 fully saturated rings. The van der Waals surface area contributed by atoms with E-state index in [0.717, 1.165) is 6.54 Å². The third-order valence-electron chi connectivity index (χ3n) is 2.80. The third-order valence-corrected chi connectivity index (χ3v) is 2.80. The maximum atomic E-state index is 11.6. The molecule has 0 unspecified atom stereocenters. The van der Waals surface area contributed by atoms with Crippen LogP contribution in [0.1, 0.15) is 19.8 Å². The topological polar surface area (TPSA) is 29.5 Å². The van der Waals surface area contributed by atoms with Gasteiger partial charge in [-0.3, -0.25) is 4.79 Å². The van der Waals surface area contributed by atoms with Gasteiger partial charge in [0.2, 0.25) is 0 Å². The predicted molar refractivity (Wildman–Crippen MR) is 54.2 cm³/mol. The van der Waals surface area contributed by atoms with E-state index in [-0.39, 0.29) is 11.2 Å². The molecule has 2 bridgehead atoms. The highest BCUT2D eigenvalue weighted by molar-refractivity contribution is 5.83. The molecule has 2 atom stereocenters. The Labute approximate surface area is 84.7 Å². The Balaban J connectivity index is 2.21. The van der Waals surface area contributed by atoms with Gasteiger partial charge in [-0.25, -0.2) is 0 Å². The maximum Gasteiger partial charge on any atom is 0.139 e. The zero-order chi connectivity index (χ0) is 10.4. The molecule has 0 radical (unpaired) electrons. The summed E-state index contributed by atoms with van der Waals surface area (Å²) in [4.78, 5) is 13.6. The smallest absolute Gasteiger partial charge is 0.139 e. The Hall–Kier alpha value is -0.670. The molecule has 0 spiro atoms. The molecule has 0 aliphatic carbocycles. The standard InChI is InChI=1S/C11H17NO2/c1-10-4-5-11(14-10,8-12(2)3)7-9(13)6-10/h4-5H,6-8H2,1-3H3/t10-,11-/m1/s1. The van der Waals surface area contributed by atoms with Crippen molar-refractivity contribution in [2.24, 2.45) is 0 Å². The fourth-order valence-electron chi connectivity index (χ4n) is 2.51. The minimum absolute atomic E-state index is 0.311. The van der Waals surface area contributed by atoms with Crippen LogP contribution < -0.4 is 0 Å². The van der Waals surface area contributed by atoms with Crippen LogP contribution in [-0.4, -0.2) is 42.5 Å². The summed E-state index contributed by atoms with van der Waals surface area (Å²) < 4.78 is 5.98. The van der Waals surface area contributed by atoms with E-state index in [2.05, 4.69) is 11.0 Å². The number of fused-ring (bicyclic) bond motifs is 2. The second kappa shape index (κ2) is 2.91. The molecule has 14 heavy (non-hydrogen) atoms. The van der Waals surface area contributed by atoms with E-state index < -0.39 is 0 Å². The molecule has 2 aliphatic rings. The number of ketones is 1. The van der Waals surface area contributed by atoms with Crippen LogP contribution in [-0.2, 0) is 9.53 Å². The van der Waals surface area contributed by atoms with Gasteiger partial charge < -0.3 is 9.64 Å². The molecule has 2 aliphatic heterocycles. The average molecular weight is 195 g/mol. The molecule has 0 saturated carbocycles. The van der Waals surface area contributed by atoms with Gasteiger partial charge in [0, 0.05) is 19.4 Å². The SMILES string of the molecule is CN(C)C[C@@]12C=C[C@](C)(CC(=O)C1)O2. The van der Waals surface area contributed by atoms with Gasteiger partial charge in [0.15, 0.2) is 0 Å². The third kappa shape index (κ3) is 1.62. The molecule has 2 heterocycles. The Kier molecular flexibility index (Phi) is 2.05. The predicted octanol–water partition coefficient (Wildman–Crippen LogP) is 0.995. The van der Waals surface area contributed by atoms with Crippen LogP contribution >= 0.6 is 0 Å². The summed E-state index contributed by atoms with van der Waals surface area (Å²) in [6.45, 7) is 2.77. The minimum atomic E-state index is -0.354. The highest BCUT2D eigenvalue weighted by Gasteiger charge is 2.48. The Morgan fingerprint density at radius 3 is 2.79 bits per heavy atom. The molecule has 0 amide bonds. The van der Waals surface area contributed by atoms with Crippen LogP contribution in [0.25, 0.3) is 0 Å². The molecule has 0 N–H and O–H groups in total. The lowest BCUT2D eigenvalue weighted by atomic mass is 9.91. The number of ether oxygens (including phenoxy) is 1. The largest absolute Gasteiger partial charge is 0.358 e. The lowest BCUT2D eigenvalue weighted by Gasteiger charge is -2.39. The summed E-state index contributed by atoms with van der Waals surface area (Å²) in [5.74, 6) is 0.311. The molecule has 1 saturated heterocycles. The molecular formula is C11H17NO2.